The third-order valence-electron chi connectivity index (χ3n) is 2.96. The summed E-state index contributed by atoms with van der Waals surface area (Å²) in [5.74, 6) is 0.358. The topological polar surface area (TPSA) is 26.3 Å². The zero-order valence-electron chi connectivity index (χ0n) is 10.0. The molecule has 0 N–H and O–H groups in total. The van der Waals surface area contributed by atoms with E-state index >= 15 is 0 Å². The average molecular weight is 236 g/mol. The van der Waals surface area contributed by atoms with Crippen molar-refractivity contribution >= 4 is 17.8 Å². The highest BCUT2D eigenvalue weighted by atomic mass is 16.5. The van der Waals surface area contributed by atoms with Crippen LogP contribution in [0.2, 0.25) is 0 Å². The lowest BCUT2D eigenvalue weighted by Gasteiger charge is -2.00. The fraction of sp³-hybridized carbons (Fsp3) is 0.0625. The first-order chi connectivity index (χ1) is 8.74. The van der Waals surface area contributed by atoms with Crippen LogP contribution in [0.15, 0.2) is 48.5 Å². The smallest absolute Gasteiger partial charge is 0.344 e. The molecule has 0 fully saturated rings. The Morgan fingerprint density at radius 1 is 1.00 bits per heavy atom. The lowest BCUT2D eigenvalue weighted by molar-refractivity contribution is 0.0717. The Morgan fingerprint density at radius 3 is 2.56 bits per heavy atom. The number of fused-ring (bicyclic) bond motifs is 1. The van der Waals surface area contributed by atoms with Crippen LogP contribution in [0.4, 0.5) is 0 Å². The van der Waals surface area contributed by atoms with Crippen LogP contribution in [-0.4, -0.2) is 5.97 Å². The Morgan fingerprint density at radius 2 is 1.78 bits per heavy atom. The standard InChI is InChI=1S/C16H12O2/c1-11-7-8-13-14(9-11)15(18-16(13)17)10-12-5-3-2-4-6-12/h2-10H,1H3/b15-10-. The third-order valence-corrected chi connectivity index (χ3v) is 2.96. The predicted octanol–water partition coefficient (Wildman–Crippen LogP) is 3.66. The lowest BCUT2D eigenvalue weighted by atomic mass is 10.0. The van der Waals surface area contributed by atoms with Gasteiger partial charge in [-0.2, -0.15) is 0 Å². The molecule has 2 heteroatoms. The molecule has 0 aromatic heterocycles. The van der Waals surface area contributed by atoms with Crippen molar-refractivity contribution in [2.75, 3.05) is 0 Å². The van der Waals surface area contributed by atoms with E-state index in [4.69, 9.17) is 4.74 Å². The van der Waals surface area contributed by atoms with Crippen molar-refractivity contribution in [1.82, 2.24) is 0 Å². The molecule has 0 saturated heterocycles. The van der Waals surface area contributed by atoms with Crippen LogP contribution in [0.3, 0.4) is 0 Å². The van der Waals surface area contributed by atoms with Gasteiger partial charge < -0.3 is 4.74 Å². The number of rotatable bonds is 1. The molecule has 0 spiro atoms. The number of carbonyl (C=O) groups excluding carboxylic acids is 1. The Labute approximate surface area is 106 Å². The summed E-state index contributed by atoms with van der Waals surface area (Å²) in [6.45, 7) is 2.00. The van der Waals surface area contributed by atoms with Crippen molar-refractivity contribution in [3.8, 4) is 0 Å². The van der Waals surface area contributed by atoms with Gasteiger partial charge in [0.1, 0.15) is 5.76 Å². The maximum atomic E-state index is 11.7. The van der Waals surface area contributed by atoms with E-state index in [1.807, 2.05) is 61.5 Å². The molecule has 0 atom stereocenters. The molecule has 0 amide bonds. The largest absolute Gasteiger partial charge is 0.422 e. The van der Waals surface area contributed by atoms with Crippen molar-refractivity contribution in [3.05, 3.63) is 70.8 Å². The maximum Gasteiger partial charge on any atom is 0.344 e. The molecule has 0 bridgehead atoms. The summed E-state index contributed by atoms with van der Waals surface area (Å²) < 4.78 is 5.31. The molecular formula is C16H12O2. The van der Waals surface area contributed by atoms with Crippen LogP contribution in [-0.2, 0) is 4.74 Å². The van der Waals surface area contributed by atoms with E-state index in [0.29, 0.717) is 11.3 Å². The SMILES string of the molecule is Cc1ccc2c(c1)/C(=C/c1ccccc1)OC2=O. The molecule has 0 aliphatic carbocycles. The highest BCUT2D eigenvalue weighted by Crippen LogP contribution is 2.31. The van der Waals surface area contributed by atoms with Gasteiger partial charge in [0.15, 0.2) is 0 Å². The van der Waals surface area contributed by atoms with Gasteiger partial charge in [0, 0.05) is 5.56 Å². The van der Waals surface area contributed by atoms with E-state index in [0.717, 1.165) is 16.7 Å². The van der Waals surface area contributed by atoms with E-state index < -0.39 is 0 Å². The molecule has 1 aliphatic heterocycles. The Bertz CT molecular complexity index is 639. The number of hydrogen-bond acceptors (Lipinski definition) is 2. The molecule has 2 aromatic carbocycles. The summed E-state index contributed by atoms with van der Waals surface area (Å²) in [6, 6.07) is 15.6. The van der Waals surface area contributed by atoms with Crippen molar-refractivity contribution < 1.29 is 9.53 Å². The fourth-order valence-corrected chi connectivity index (χ4v) is 2.06. The van der Waals surface area contributed by atoms with Crippen LogP contribution in [0.25, 0.3) is 11.8 Å². The molecule has 0 unspecified atom stereocenters. The van der Waals surface area contributed by atoms with Gasteiger partial charge in [0.2, 0.25) is 0 Å². The molecule has 1 aliphatic rings. The van der Waals surface area contributed by atoms with Gasteiger partial charge in [-0.05, 0) is 30.7 Å². The number of hydrogen-bond donors (Lipinski definition) is 0. The van der Waals surface area contributed by atoms with Gasteiger partial charge in [0.05, 0.1) is 5.56 Å². The van der Waals surface area contributed by atoms with Crippen LogP contribution in [0.5, 0.6) is 0 Å². The number of cyclic esters (lactones) is 1. The molecule has 18 heavy (non-hydrogen) atoms. The lowest BCUT2D eigenvalue weighted by Crippen LogP contribution is -1.92. The number of esters is 1. The molecule has 0 saturated carbocycles. The Balaban J connectivity index is 2.10. The normalized spacial score (nSPS) is 15.6. The Hall–Kier alpha value is -2.35. The molecule has 3 rings (SSSR count). The van der Waals surface area contributed by atoms with Crippen LogP contribution >= 0.6 is 0 Å². The molecule has 2 aromatic rings. The minimum Gasteiger partial charge on any atom is -0.422 e. The van der Waals surface area contributed by atoms with Gasteiger partial charge in [0.25, 0.3) is 0 Å². The molecular weight excluding hydrogens is 224 g/mol. The van der Waals surface area contributed by atoms with Crippen LogP contribution in [0.1, 0.15) is 27.0 Å². The van der Waals surface area contributed by atoms with E-state index in [9.17, 15) is 4.79 Å². The first-order valence-electron chi connectivity index (χ1n) is 5.84. The van der Waals surface area contributed by atoms with Crippen molar-refractivity contribution in [2.45, 2.75) is 6.92 Å². The second-order valence-electron chi connectivity index (χ2n) is 4.36. The van der Waals surface area contributed by atoms with Gasteiger partial charge in [-0.1, -0.05) is 42.0 Å². The molecule has 0 radical (unpaired) electrons. The summed E-state index contributed by atoms with van der Waals surface area (Å²) in [7, 11) is 0. The maximum absolute atomic E-state index is 11.7. The molecule has 2 nitrogen and oxygen atoms in total. The predicted molar refractivity (Wildman–Crippen MR) is 70.9 cm³/mol. The zero-order chi connectivity index (χ0) is 12.5. The van der Waals surface area contributed by atoms with Crippen molar-refractivity contribution in [1.29, 1.82) is 0 Å². The first kappa shape index (κ1) is 10.8. The minimum absolute atomic E-state index is 0.271. The first-order valence-corrected chi connectivity index (χ1v) is 5.84. The number of ether oxygens (including phenoxy) is 1. The summed E-state index contributed by atoms with van der Waals surface area (Å²) in [4.78, 5) is 11.7. The number of benzene rings is 2. The summed E-state index contributed by atoms with van der Waals surface area (Å²) >= 11 is 0. The van der Waals surface area contributed by atoms with Gasteiger partial charge in [-0.3, -0.25) is 0 Å². The summed E-state index contributed by atoms with van der Waals surface area (Å²) in [5, 5.41) is 0. The Kier molecular flexibility index (Phi) is 2.49. The quantitative estimate of drug-likeness (QED) is 0.706. The molecule has 1 heterocycles. The zero-order valence-corrected chi connectivity index (χ0v) is 10.0. The minimum atomic E-state index is -0.271. The fourth-order valence-electron chi connectivity index (χ4n) is 2.06. The second-order valence-corrected chi connectivity index (χ2v) is 4.36. The molecule has 88 valence electrons. The van der Waals surface area contributed by atoms with E-state index in [-0.39, 0.29) is 5.97 Å². The van der Waals surface area contributed by atoms with Crippen LogP contribution in [0, 0.1) is 6.92 Å². The summed E-state index contributed by atoms with van der Waals surface area (Å²) in [6.07, 6.45) is 1.89. The van der Waals surface area contributed by atoms with Crippen LogP contribution < -0.4 is 0 Å². The average Bonchev–Trinajstić information content (AvgIpc) is 2.67. The number of carbonyl (C=O) groups is 1. The van der Waals surface area contributed by atoms with Crippen molar-refractivity contribution in [3.63, 3.8) is 0 Å². The van der Waals surface area contributed by atoms with Gasteiger partial charge in [-0.25, -0.2) is 4.79 Å². The van der Waals surface area contributed by atoms with Gasteiger partial charge in [-0.15, -0.1) is 0 Å². The highest BCUT2D eigenvalue weighted by molar-refractivity contribution is 6.05. The third kappa shape index (κ3) is 1.82. The van der Waals surface area contributed by atoms with E-state index in [1.165, 1.54) is 0 Å². The van der Waals surface area contributed by atoms with Crippen molar-refractivity contribution in [2.24, 2.45) is 0 Å². The van der Waals surface area contributed by atoms with Gasteiger partial charge >= 0.3 is 5.97 Å². The van der Waals surface area contributed by atoms with E-state index in [1.54, 1.807) is 0 Å². The monoisotopic (exact) mass is 236 g/mol. The highest BCUT2D eigenvalue weighted by Gasteiger charge is 2.25. The summed E-state index contributed by atoms with van der Waals surface area (Å²) in [5.41, 5.74) is 3.66. The number of aryl methyl sites for hydroxylation is 1. The van der Waals surface area contributed by atoms with E-state index in [2.05, 4.69) is 0 Å². The second kappa shape index (κ2) is 4.15.